The van der Waals surface area contributed by atoms with Gasteiger partial charge in [0.2, 0.25) is 5.91 Å². The van der Waals surface area contributed by atoms with Crippen molar-refractivity contribution in [2.24, 2.45) is 0 Å². The molecule has 4 heteroatoms. The van der Waals surface area contributed by atoms with Gasteiger partial charge in [-0.15, -0.1) is 0 Å². The van der Waals surface area contributed by atoms with Crippen LogP contribution in [0.2, 0.25) is 5.02 Å². The van der Waals surface area contributed by atoms with Crippen molar-refractivity contribution in [3.8, 4) is 0 Å². The van der Waals surface area contributed by atoms with Crippen LogP contribution in [0.15, 0.2) is 54.7 Å². The molecule has 0 bridgehead atoms. The SMILES string of the molecule is O=C(NCCc1c[nH]c2ccccc12)C1(c2ccc(Cl)cc2)CC1. The first kappa shape index (κ1) is 15.3. The maximum Gasteiger partial charge on any atom is 0.230 e. The average Bonchev–Trinajstić information content (AvgIpc) is 3.32. The summed E-state index contributed by atoms with van der Waals surface area (Å²) in [5, 5.41) is 5.05. The second-order valence-corrected chi connectivity index (χ2v) is 6.89. The molecule has 2 aromatic carbocycles. The third kappa shape index (κ3) is 2.69. The summed E-state index contributed by atoms with van der Waals surface area (Å²) in [5.41, 5.74) is 3.10. The summed E-state index contributed by atoms with van der Waals surface area (Å²) in [6.45, 7) is 0.649. The molecule has 1 amide bonds. The third-order valence-corrected chi connectivity index (χ3v) is 5.19. The van der Waals surface area contributed by atoms with Crippen LogP contribution in [0.3, 0.4) is 0 Å². The molecule has 0 radical (unpaired) electrons. The number of hydrogen-bond acceptors (Lipinski definition) is 1. The summed E-state index contributed by atoms with van der Waals surface area (Å²) in [5.74, 6) is 0.129. The molecule has 122 valence electrons. The number of rotatable bonds is 5. The van der Waals surface area contributed by atoms with Crippen LogP contribution in [0.25, 0.3) is 10.9 Å². The number of nitrogens with one attached hydrogen (secondary N) is 2. The zero-order valence-electron chi connectivity index (χ0n) is 13.3. The maximum atomic E-state index is 12.7. The predicted octanol–water partition coefficient (Wildman–Crippen LogP) is 4.21. The Kier molecular flexibility index (Phi) is 3.81. The van der Waals surface area contributed by atoms with Gasteiger partial charge in [0, 0.05) is 28.7 Å². The van der Waals surface area contributed by atoms with Crippen molar-refractivity contribution in [3.05, 3.63) is 70.9 Å². The van der Waals surface area contributed by atoms with E-state index >= 15 is 0 Å². The van der Waals surface area contributed by atoms with Gasteiger partial charge in [-0.25, -0.2) is 0 Å². The van der Waals surface area contributed by atoms with Crippen molar-refractivity contribution in [2.45, 2.75) is 24.7 Å². The minimum atomic E-state index is -0.342. The summed E-state index contributed by atoms with van der Waals surface area (Å²) < 4.78 is 0. The van der Waals surface area contributed by atoms with Crippen LogP contribution in [-0.2, 0) is 16.6 Å². The smallest absolute Gasteiger partial charge is 0.230 e. The first-order valence-electron chi connectivity index (χ1n) is 8.28. The third-order valence-electron chi connectivity index (χ3n) is 4.94. The van der Waals surface area contributed by atoms with E-state index in [1.165, 1.54) is 10.9 Å². The van der Waals surface area contributed by atoms with Crippen LogP contribution in [0, 0.1) is 0 Å². The Hall–Kier alpha value is -2.26. The molecule has 0 spiro atoms. The van der Waals surface area contributed by atoms with Crippen molar-refractivity contribution in [2.75, 3.05) is 6.54 Å². The van der Waals surface area contributed by atoms with Gasteiger partial charge < -0.3 is 10.3 Å². The molecule has 1 heterocycles. The monoisotopic (exact) mass is 338 g/mol. The Bertz CT molecular complexity index is 878. The van der Waals surface area contributed by atoms with Gasteiger partial charge >= 0.3 is 0 Å². The second kappa shape index (κ2) is 5.99. The van der Waals surface area contributed by atoms with Crippen LogP contribution >= 0.6 is 11.6 Å². The van der Waals surface area contributed by atoms with Gasteiger partial charge in [-0.3, -0.25) is 4.79 Å². The summed E-state index contributed by atoms with van der Waals surface area (Å²) in [4.78, 5) is 15.9. The van der Waals surface area contributed by atoms with E-state index in [2.05, 4.69) is 22.4 Å². The highest BCUT2D eigenvalue weighted by Gasteiger charge is 2.50. The Balaban J connectivity index is 1.41. The summed E-state index contributed by atoms with van der Waals surface area (Å²) >= 11 is 5.95. The lowest BCUT2D eigenvalue weighted by atomic mass is 9.95. The number of carbonyl (C=O) groups excluding carboxylic acids is 1. The fraction of sp³-hybridized carbons (Fsp3) is 0.250. The minimum Gasteiger partial charge on any atom is -0.361 e. The van der Waals surface area contributed by atoms with Crippen LogP contribution in [0.1, 0.15) is 24.0 Å². The number of halogens is 1. The molecule has 2 N–H and O–H groups in total. The summed E-state index contributed by atoms with van der Waals surface area (Å²) in [6.07, 6.45) is 4.68. The van der Waals surface area contributed by atoms with Gasteiger partial charge in [0.15, 0.2) is 0 Å². The number of benzene rings is 2. The molecule has 3 aromatic rings. The number of amides is 1. The normalized spacial score (nSPS) is 15.4. The molecule has 24 heavy (non-hydrogen) atoms. The van der Waals surface area contributed by atoms with E-state index in [1.54, 1.807) is 0 Å². The minimum absolute atomic E-state index is 0.129. The van der Waals surface area contributed by atoms with E-state index in [0.29, 0.717) is 11.6 Å². The fourth-order valence-corrected chi connectivity index (χ4v) is 3.49. The van der Waals surface area contributed by atoms with Crippen LogP contribution in [-0.4, -0.2) is 17.4 Å². The Morgan fingerprint density at radius 1 is 1.12 bits per heavy atom. The lowest BCUT2D eigenvalue weighted by molar-refractivity contribution is -0.123. The molecule has 1 aromatic heterocycles. The van der Waals surface area contributed by atoms with E-state index in [0.717, 1.165) is 30.3 Å². The van der Waals surface area contributed by atoms with E-state index in [9.17, 15) is 4.79 Å². The van der Waals surface area contributed by atoms with Gasteiger partial charge in [0.05, 0.1) is 5.41 Å². The van der Waals surface area contributed by atoms with Gasteiger partial charge in [-0.2, -0.15) is 0 Å². The molecule has 1 aliphatic rings. The summed E-state index contributed by atoms with van der Waals surface area (Å²) in [6, 6.07) is 15.9. The number of H-pyrrole nitrogens is 1. The highest BCUT2D eigenvalue weighted by atomic mass is 35.5. The second-order valence-electron chi connectivity index (χ2n) is 6.45. The number of aromatic amines is 1. The molecule has 1 saturated carbocycles. The molecule has 0 saturated heterocycles. The fourth-order valence-electron chi connectivity index (χ4n) is 3.36. The van der Waals surface area contributed by atoms with Gasteiger partial charge in [0.1, 0.15) is 0 Å². The predicted molar refractivity (Wildman–Crippen MR) is 97.4 cm³/mol. The van der Waals surface area contributed by atoms with E-state index < -0.39 is 0 Å². The zero-order chi connectivity index (χ0) is 16.6. The average molecular weight is 339 g/mol. The first-order chi connectivity index (χ1) is 11.7. The summed E-state index contributed by atoms with van der Waals surface area (Å²) in [7, 11) is 0. The van der Waals surface area contributed by atoms with Crippen LogP contribution < -0.4 is 5.32 Å². The molecule has 0 unspecified atom stereocenters. The van der Waals surface area contributed by atoms with Crippen LogP contribution in [0.5, 0.6) is 0 Å². The molecule has 3 nitrogen and oxygen atoms in total. The molecular weight excluding hydrogens is 320 g/mol. The lowest BCUT2D eigenvalue weighted by Crippen LogP contribution is -2.35. The molecule has 0 atom stereocenters. The largest absolute Gasteiger partial charge is 0.361 e. The molecular formula is C20H19ClN2O. The number of fused-ring (bicyclic) bond motifs is 1. The van der Waals surface area contributed by atoms with E-state index in [-0.39, 0.29) is 11.3 Å². The quantitative estimate of drug-likeness (QED) is 0.719. The van der Waals surface area contributed by atoms with Crippen molar-refractivity contribution < 1.29 is 4.79 Å². The number of para-hydroxylation sites is 1. The maximum absolute atomic E-state index is 12.7. The highest BCUT2D eigenvalue weighted by molar-refractivity contribution is 6.30. The van der Waals surface area contributed by atoms with Crippen molar-refractivity contribution in [3.63, 3.8) is 0 Å². The van der Waals surface area contributed by atoms with Gasteiger partial charge in [-0.1, -0.05) is 41.9 Å². The highest BCUT2D eigenvalue weighted by Crippen LogP contribution is 2.48. The van der Waals surface area contributed by atoms with Crippen molar-refractivity contribution in [1.82, 2.24) is 10.3 Å². The molecule has 0 aliphatic heterocycles. The Morgan fingerprint density at radius 2 is 1.88 bits per heavy atom. The Labute approximate surface area is 146 Å². The van der Waals surface area contributed by atoms with E-state index in [1.807, 2.05) is 42.6 Å². The topological polar surface area (TPSA) is 44.9 Å². The van der Waals surface area contributed by atoms with Crippen molar-refractivity contribution in [1.29, 1.82) is 0 Å². The molecule has 1 fully saturated rings. The number of hydrogen-bond donors (Lipinski definition) is 2. The number of aromatic nitrogens is 1. The zero-order valence-corrected chi connectivity index (χ0v) is 14.1. The lowest BCUT2D eigenvalue weighted by Gasteiger charge is -2.16. The van der Waals surface area contributed by atoms with Gasteiger partial charge in [0.25, 0.3) is 0 Å². The van der Waals surface area contributed by atoms with E-state index in [4.69, 9.17) is 11.6 Å². The Morgan fingerprint density at radius 3 is 2.62 bits per heavy atom. The van der Waals surface area contributed by atoms with Gasteiger partial charge in [-0.05, 0) is 48.6 Å². The standard InChI is InChI=1S/C20H19ClN2O/c21-16-7-5-15(6-8-16)20(10-11-20)19(24)22-12-9-14-13-23-18-4-2-1-3-17(14)18/h1-8,13,23H,9-12H2,(H,22,24). The number of carbonyl (C=O) groups is 1. The molecule has 4 rings (SSSR count). The molecule has 1 aliphatic carbocycles. The first-order valence-corrected chi connectivity index (χ1v) is 8.66. The van der Waals surface area contributed by atoms with Crippen molar-refractivity contribution >= 4 is 28.4 Å². The van der Waals surface area contributed by atoms with Crippen LogP contribution in [0.4, 0.5) is 0 Å².